The van der Waals surface area contributed by atoms with E-state index in [4.69, 9.17) is 15.1 Å². The highest BCUT2D eigenvalue weighted by Crippen LogP contribution is 2.33. The maximum Gasteiger partial charge on any atom is 0.328 e. The molecular formula is C24H32N2O2. The number of carboxylic acids is 1. The monoisotopic (exact) mass is 380 g/mol. The molecule has 0 saturated heterocycles. The molecule has 0 atom stereocenters. The van der Waals surface area contributed by atoms with Gasteiger partial charge in [-0.25, -0.2) is 14.8 Å². The first-order valence-electron chi connectivity index (χ1n) is 10.3. The molecule has 1 N–H and O–H groups in total. The van der Waals surface area contributed by atoms with Crippen LogP contribution in [0.3, 0.4) is 0 Å². The Labute approximate surface area is 168 Å². The number of rotatable bonds is 9. The summed E-state index contributed by atoms with van der Waals surface area (Å²) in [6.07, 6.45) is 9.18. The van der Waals surface area contributed by atoms with E-state index in [2.05, 4.69) is 27.7 Å². The molecule has 0 amide bonds. The van der Waals surface area contributed by atoms with Crippen molar-refractivity contribution in [2.24, 2.45) is 0 Å². The molecule has 0 bridgehead atoms. The Balaban J connectivity index is 2.53. The number of hydrogen-bond acceptors (Lipinski definition) is 3. The van der Waals surface area contributed by atoms with E-state index in [1.165, 1.54) is 6.08 Å². The lowest BCUT2D eigenvalue weighted by Crippen LogP contribution is -2.11. The van der Waals surface area contributed by atoms with Crippen molar-refractivity contribution in [1.29, 1.82) is 0 Å². The topological polar surface area (TPSA) is 63.1 Å². The predicted molar refractivity (Wildman–Crippen MR) is 117 cm³/mol. The summed E-state index contributed by atoms with van der Waals surface area (Å²) in [5, 5.41) is 8.83. The lowest BCUT2D eigenvalue weighted by molar-refractivity contribution is -0.131. The van der Waals surface area contributed by atoms with Crippen LogP contribution in [0.2, 0.25) is 0 Å². The number of benzene rings is 1. The first-order chi connectivity index (χ1) is 13.4. The van der Waals surface area contributed by atoms with E-state index < -0.39 is 5.97 Å². The molecule has 0 radical (unpaired) electrons. The highest BCUT2D eigenvalue weighted by molar-refractivity contribution is 5.82. The lowest BCUT2D eigenvalue weighted by atomic mass is 9.89. The van der Waals surface area contributed by atoms with Crippen molar-refractivity contribution in [3.63, 3.8) is 0 Å². The molecule has 0 aliphatic heterocycles. The molecule has 0 saturated carbocycles. The molecule has 0 aliphatic rings. The number of aromatic nitrogens is 2. The van der Waals surface area contributed by atoms with Crippen LogP contribution in [0.1, 0.15) is 89.1 Å². The molecule has 150 valence electrons. The predicted octanol–water partition coefficient (Wildman–Crippen LogP) is 6.48. The largest absolute Gasteiger partial charge is 0.478 e. The van der Waals surface area contributed by atoms with Gasteiger partial charge in [0.25, 0.3) is 0 Å². The second kappa shape index (κ2) is 10.2. The molecule has 2 rings (SSSR count). The van der Waals surface area contributed by atoms with Crippen LogP contribution < -0.4 is 0 Å². The summed E-state index contributed by atoms with van der Waals surface area (Å²) in [5.41, 5.74) is 5.82. The van der Waals surface area contributed by atoms with Crippen LogP contribution in [-0.2, 0) is 4.79 Å². The Morgan fingerprint density at radius 3 is 2.00 bits per heavy atom. The van der Waals surface area contributed by atoms with Crippen LogP contribution in [-0.4, -0.2) is 21.0 Å². The van der Waals surface area contributed by atoms with Gasteiger partial charge in [0.15, 0.2) is 0 Å². The number of nitrogens with zero attached hydrogens (tertiary/aromatic N) is 2. The van der Waals surface area contributed by atoms with Gasteiger partial charge in [0, 0.05) is 17.9 Å². The highest BCUT2D eigenvalue weighted by Gasteiger charge is 2.21. The van der Waals surface area contributed by atoms with Gasteiger partial charge in [-0.3, -0.25) is 0 Å². The van der Waals surface area contributed by atoms with Crippen LogP contribution in [0.15, 0.2) is 35.9 Å². The first-order valence-corrected chi connectivity index (χ1v) is 10.3. The first kappa shape index (κ1) is 21.8. The molecule has 0 spiro atoms. The molecule has 1 heterocycles. The molecule has 4 nitrogen and oxygen atoms in total. The number of carboxylic acid groups (broad SMARTS) is 1. The maximum absolute atomic E-state index is 10.8. The Hall–Kier alpha value is -2.49. The number of carbonyl (C=O) groups is 1. The Bertz CT molecular complexity index is 876. The zero-order valence-electron chi connectivity index (χ0n) is 17.7. The van der Waals surface area contributed by atoms with Crippen LogP contribution >= 0.6 is 0 Å². The highest BCUT2D eigenvalue weighted by atomic mass is 16.4. The number of hydrogen-bond donors (Lipinski definition) is 1. The normalized spacial score (nSPS) is 12.6. The summed E-state index contributed by atoms with van der Waals surface area (Å²) >= 11 is 0. The van der Waals surface area contributed by atoms with Gasteiger partial charge in [-0.05, 0) is 55.9 Å². The van der Waals surface area contributed by atoms with Gasteiger partial charge >= 0.3 is 5.97 Å². The van der Waals surface area contributed by atoms with Crippen LogP contribution in [0.4, 0.5) is 0 Å². The van der Waals surface area contributed by atoms with Crippen molar-refractivity contribution in [1.82, 2.24) is 9.97 Å². The zero-order chi connectivity index (χ0) is 20.7. The SMILES string of the molecule is CCC(CC)c1nc2ccc(C=CC(C)=CC(=O)O)cc2nc1C(CC)CC. The minimum atomic E-state index is -0.935. The van der Waals surface area contributed by atoms with E-state index in [0.29, 0.717) is 17.4 Å². The standard InChI is InChI=1S/C24H32N2O2/c1-6-18(7-2)23-24(19(8-3)9-4)26-21-15-17(12-13-20(21)25-23)11-10-16(5)14-22(27)28/h10-15,18-19H,6-9H2,1-5H3,(H,27,28). The minimum absolute atomic E-state index is 0.424. The van der Waals surface area contributed by atoms with E-state index in [0.717, 1.165) is 53.7 Å². The van der Waals surface area contributed by atoms with Gasteiger partial charge in [0.05, 0.1) is 22.4 Å². The number of aliphatic carboxylic acids is 1. The second-order valence-corrected chi connectivity index (χ2v) is 7.33. The Morgan fingerprint density at radius 2 is 1.50 bits per heavy atom. The van der Waals surface area contributed by atoms with Crippen molar-refractivity contribution in [2.45, 2.75) is 72.1 Å². The van der Waals surface area contributed by atoms with Crippen LogP contribution in [0.5, 0.6) is 0 Å². The van der Waals surface area contributed by atoms with Gasteiger partial charge in [0.2, 0.25) is 0 Å². The molecular weight excluding hydrogens is 348 g/mol. The molecule has 0 fully saturated rings. The Morgan fingerprint density at radius 1 is 0.964 bits per heavy atom. The zero-order valence-corrected chi connectivity index (χ0v) is 17.7. The summed E-state index contributed by atoms with van der Waals surface area (Å²) < 4.78 is 0. The Kier molecular flexibility index (Phi) is 7.91. The van der Waals surface area contributed by atoms with E-state index >= 15 is 0 Å². The van der Waals surface area contributed by atoms with Crippen molar-refractivity contribution in [3.05, 3.63) is 52.9 Å². The molecule has 2 aromatic rings. The minimum Gasteiger partial charge on any atom is -0.478 e. The van der Waals surface area contributed by atoms with E-state index in [-0.39, 0.29) is 0 Å². The molecule has 4 heteroatoms. The average molecular weight is 381 g/mol. The van der Waals surface area contributed by atoms with Gasteiger partial charge in [0.1, 0.15) is 0 Å². The fourth-order valence-corrected chi connectivity index (χ4v) is 3.62. The van der Waals surface area contributed by atoms with Crippen LogP contribution in [0, 0.1) is 0 Å². The third-order valence-corrected chi connectivity index (χ3v) is 5.38. The number of allylic oxidation sites excluding steroid dienone is 2. The van der Waals surface area contributed by atoms with E-state index in [1.807, 2.05) is 30.4 Å². The van der Waals surface area contributed by atoms with Crippen molar-refractivity contribution in [2.75, 3.05) is 0 Å². The average Bonchev–Trinajstić information content (AvgIpc) is 2.67. The fraction of sp³-hybridized carbons (Fsp3) is 0.458. The summed E-state index contributed by atoms with van der Waals surface area (Å²) in [4.78, 5) is 20.9. The second-order valence-electron chi connectivity index (χ2n) is 7.33. The third-order valence-electron chi connectivity index (χ3n) is 5.38. The van der Waals surface area contributed by atoms with Crippen molar-refractivity contribution in [3.8, 4) is 0 Å². The van der Waals surface area contributed by atoms with Gasteiger partial charge in [-0.2, -0.15) is 0 Å². The van der Waals surface area contributed by atoms with Crippen molar-refractivity contribution >= 4 is 23.1 Å². The van der Waals surface area contributed by atoms with Gasteiger partial charge < -0.3 is 5.11 Å². The summed E-state index contributed by atoms with van der Waals surface area (Å²) in [7, 11) is 0. The van der Waals surface area contributed by atoms with E-state index in [1.54, 1.807) is 6.92 Å². The smallest absolute Gasteiger partial charge is 0.328 e. The fourth-order valence-electron chi connectivity index (χ4n) is 3.62. The van der Waals surface area contributed by atoms with E-state index in [9.17, 15) is 4.79 Å². The molecule has 28 heavy (non-hydrogen) atoms. The third kappa shape index (κ3) is 5.28. The van der Waals surface area contributed by atoms with Gasteiger partial charge in [-0.1, -0.05) is 45.9 Å². The molecule has 0 aliphatic carbocycles. The quantitative estimate of drug-likeness (QED) is 0.399. The number of fused-ring (bicyclic) bond motifs is 1. The molecule has 1 aromatic carbocycles. The summed E-state index contributed by atoms with van der Waals surface area (Å²) in [6, 6.07) is 6.06. The molecule has 0 unspecified atom stereocenters. The van der Waals surface area contributed by atoms with Gasteiger partial charge in [-0.15, -0.1) is 0 Å². The van der Waals surface area contributed by atoms with Crippen LogP contribution in [0.25, 0.3) is 17.1 Å². The maximum atomic E-state index is 10.8. The lowest BCUT2D eigenvalue weighted by Gasteiger charge is -2.21. The summed E-state index contributed by atoms with van der Waals surface area (Å²) in [5.74, 6) is -0.0707. The summed E-state index contributed by atoms with van der Waals surface area (Å²) in [6.45, 7) is 10.6. The van der Waals surface area contributed by atoms with Crippen molar-refractivity contribution < 1.29 is 9.90 Å². The molecule has 1 aromatic heterocycles.